The van der Waals surface area contributed by atoms with Crippen molar-refractivity contribution in [2.24, 2.45) is 0 Å². The van der Waals surface area contributed by atoms with Gasteiger partial charge in [-0.3, -0.25) is 4.68 Å². The Bertz CT molecular complexity index is 264. The number of ether oxygens (including phenoxy) is 1. The van der Waals surface area contributed by atoms with E-state index in [-0.39, 0.29) is 5.88 Å². The lowest BCUT2D eigenvalue weighted by molar-refractivity contribution is -0.0537. The van der Waals surface area contributed by atoms with Crippen molar-refractivity contribution in [3.05, 3.63) is 9.77 Å². The largest absolute Gasteiger partial charge is 0.414 e. The van der Waals surface area contributed by atoms with E-state index in [0.29, 0.717) is 10.1 Å². The number of nitrogens with zero attached hydrogens (tertiary/aromatic N) is 2. The first-order valence-corrected chi connectivity index (χ1v) is 4.39. The van der Waals surface area contributed by atoms with Crippen molar-refractivity contribution in [3.8, 4) is 5.88 Å². The third-order valence-electron chi connectivity index (χ3n) is 1.21. The molecule has 0 amide bonds. The van der Waals surface area contributed by atoms with Crippen LogP contribution in [-0.2, 0) is 6.54 Å². The van der Waals surface area contributed by atoms with Gasteiger partial charge in [-0.25, -0.2) is 0 Å². The monoisotopic (exact) mass is 288 g/mol. The highest BCUT2D eigenvalue weighted by Gasteiger charge is 2.11. The lowest BCUT2D eigenvalue weighted by Crippen LogP contribution is -2.04. The molecule has 0 radical (unpaired) electrons. The third kappa shape index (κ3) is 2.29. The van der Waals surface area contributed by atoms with Crippen LogP contribution in [0.1, 0.15) is 6.92 Å². The summed E-state index contributed by atoms with van der Waals surface area (Å²) in [4.78, 5) is 0. The van der Waals surface area contributed by atoms with Gasteiger partial charge < -0.3 is 4.74 Å². The first kappa shape index (κ1) is 9.69. The quantitative estimate of drug-likeness (QED) is 0.796. The summed E-state index contributed by atoms with van der Waals surface area (Å²) >= 11 is 1.90. The molecule has 0 saturated carbocycles. The zero-order chi connectivity index (χ0) is 9.14. The minimum Gasteiger partial charge on any atom is -0.414 e. The van der Waals surface area contributed by atoms with E-state index >= 15 is 0 Å². The fraction of sp³-hybridized carbons (Fsp3) is 0.500. The van der Waals surface area contributed by atoms with Crippen molar-refractivity contribution in [2.45, 2.75) is 20.1 Å². The van der Waals surface area contributed by atoms with Gasteiger partial charge in [0, 0.05) is 12.7 Å². The lowest BCUT2D eigenvalue weighted by atomic mass is 10.7. The summed E-state index contributed by atoms with van der Waals surface area (Å²) in [6, 6.07) is 0. The Hall–Kier alpha value is -0.400. The molecule has 3 nitrogen and oxygen atoms in total. The van der Waals surface area contributed by atoms with Gasteiger partial charge in [-0.05, 0) is 29.5 Å². The minimum atomic E-state index is -2.81. The number of hydrogen-bond acceptors (Lipinski definition) is 2. The van der Waals surface area contributed by atoms with Crippen LogP contribution in [0, 0.1) is 3.57 Å². The number of halogens is 3. The summed E-state index contributed by atoms with van der Waals surface area (Å²) in [5.74, 6) is -0.00699. The van der Waals surface area contributed by atoms with Gasteiger partial charge in [-0.1, -0.05) is 0 Å². The maximum atomic E-state index is 11.7. The molecule has 0 aliphatic rings. The second-order valence-corrected chi connectivity index (χ2v) is 3.18. The Morgan fingerprint density at radius 3 is 2.83 bits per heavy atom. The molecule has 1 rings (SSSR count). The van der Waals surface area contributed by atoms with Crippen LogP contribution in [0.3, 0.4) is 0 Å². The van der Waals surface area contributed by atoms with E-state index in [1.165, 1.54) is 0 Å². The number of hydrogen-bond donors (Lipinski definition) is 0. The van der Waals surface area contributed by atoms with Crippen LogP contribution in [0.15, 0.2) is 6.20 Å². The minimum absolute atomic E-state index is 0.00699. The molecule has 0 bridgehead atoms. The van der Waals surface area contributed by atoms with Crippen LogP contribution in [0.2, 0.25) is 0 Å². The maximum absolute atomic E-state index is 11.7. The van der Waals surface area contributed by atoms with E-state index in [1.54, 1.807) is 10.9 Å². The summed E-state index contributed by atoms with van der Waals surface area (Å²) in [5, 5.41) is 3.78. The first-order valence-electron chi connectivity index (χ1n) is 3.31. The molecule has 12 heavy (non-hydrogen) atoms. The van der Waals surface area contributed by atoms with Gasteiger partial charge in [0.25, 0.3) is 5.88 Å². The molecular weight excluding hydrogens is 281 g/mol. The van der Waals surface area contributed by atoms with Gasteiger partial charge in [0.05, 0.1) is 3.57 Å². The molecule has 0 aromatic carbocycles. The SMILES string of the molecule is CCn1cc(I)c(OC(F)F)n1. The fourth-order valence-corrected chi connectivity index (χ4v) is 1.26. The van der Waals surface area contributed by atoms with Crippen molar-refractivity contribution in [1.29, 1.82) is 0 Å². The van der Waals surface area contributed by atoms with Crippen LogP contribution in [0.25, 0.3) is 0 Å². The summed E-state index contributed by atoms with van der Waals surface area (Å²) < 4.78 is 29.8. The Morgan fingerprint density at radius 2 is 2.42 bits per heavy atom. The molecule has 1 aromatic rings. The number of alkyl halides is 2. The van der Waals surface area contributed by atoms with Gasteiger partial charge in [-0.2, -0.15) is 8.78 Å². The molecule has 1 heterocycles. The Labute approximate surface area is 81.8 Å². The van der Waals surface area contributed by atoms with E-state index in [4.69, 9.17) is 0 Å². The van der Waals surface area contributed by atoms with Crippen LogP contribution < -0.4 is 4.74 Å². The van der Waals surface area contributed by atoms with E-state index < -0.39 is 6.61 Å². The fourth-order valence-electron chi connectivity index (χ4n) is 0.706. The lowest BCUT2D eigenvalue weighted by Gasteiger charge is -1.99. The molecule has 0 N–H and O–H groups in total. The predicted molar refractivity (Wildman–Crippen MR) is 47.3 cm³/mol. The summed E-state index contributed by atoms with van der Waals surface area (Å²) in [6.07, 6.45) is 1.65. The van der Waals surface area contributed by atoms with Gasteiger partial charge in [-0.15, -0.1) is 5.10 Å². The molecule has 0 atom stereocenters. The zero-order valence-electron chi connectivity index (χ0n) is 6.30. The summed E-state index contributed by atoms with van der Waals surface area (Å²) in [5.41, 5.74) is 0. The number of aryl methyl sites for hydroxylation is 1. The molecule has 1 aromatic heterocycles. The molecule has 0 fully saturated rings. The number of aromatic nitrogens is 2. The predicted octanol–water partition coefficient (Wildman–Crippen LogP) is 2.11. The Morgan fingerprint density at radius 1 is 1.75 bits per heavy atom. The molecular formula is C6H7F2IN2O. The van der Waals surface area contributed by atoms with Crippen LogP contribution in [0.5, 0.6) is 5.88 Å². The first-order chi connectivity index (χ1) is 5.63. The molecule has 6 heteroatoms. The standard InChI is InChI=1S/C6H7F2IN2O/c1-2-11-3-4(9)5(10-11)12-6(7)8/h3,6H,2H2,1H3. The van der Waals surface area contributed by atoms with Crippen molar-refractivity contribution in [1.82, 2.24) is 9.78 Å². The maximum Gasteiger partial charge on any atom is 0.388 e. The van der Waals surface area contributed by atoms with Crippen LogP contribution in [-0.4, -0.2) is 16.4 Å². The van der Waals surface area contributed by atoms with E-state index in [0.717, 1.165) is 0 Å². The average molecular weight is 288 g/mol. The number of rotatable bonds is 3. The normalized spacial score (nSPS) is 10.8. The Kier molecular flexibility index (Phi) is 3.24. The van der Waals surface area contributed by atoms with Crippen LogP contribution >= 0.6 is 22.6 Å². The highest BCUT2D eigenvalue weighted by Crippen LogP contribution is 2.19. The van der Waals surface area contributed by atoms with Crippen molar-refractivity contribution < 1.29 is 13.5 Å². The van der Waals surface area contributed by atoms with Gasteiger partial charge in [0.1, 0.15) is 0 Å². The van der Waals surface area contributed by atoms with Crippen molar-refractivity contribution >= 4 is 22.6 Å². The molecule has 0 saturated heterocycles. The van der Waals surface area contributed by atoms with Crippen LogP contribution in [0.4, 0.5) is 8.78 Å². The average Bonchev–Trinajstić information content (AvgIpc) is 2.31. The topological polar surface area (TPSA) is 27.1 Å². The smallest absolute Gasteiger partial charge is 0.388 e. The molecule has 0 aliphatic heterocycles. The van der Waals surface area contributed by atoms with Crippen molar-refractivity contribution in [3.63, 3.8) is 0 Å². The second kappa shape index (κ2) is 4.01. The zero-order valence-corrected chi connectivity index (χ0v) is 8.46. The molecule has 0 aliphatic carbocycles. The highest BCUT2D eigenvalue weighted by molar-refractivity contribution is 14.1. The summed E-state index contributed by atoms with van der Waals surface area (Å²) in [6.45, 7) is -0.295. The summed E-state index contributed by atoms with van der Waals surface area (Å²) in [7, 11) is 0. The Balaban J connectivity index is 2.77. The van der Waals surface area contributed by atoms with Gasteiger partial charge in [0.15, 0.2) is 0 Å². The van der Waals surface area contributed by atoms with E-state index in [2.05, 4.69) is 9.84 Å². The second-order valence-electron chi connectivity index (χ2n) is 2.02. The van der Waals surface area contributed by atoms with Gasteiger partial charge in [0.2, 0.25) is 0 Å². The van der Waals surface area contributed by atoms with Crippen molar-refractivity contribution in [2.75, 3.05) is 0 Å². The van der Waals surface area contributed by atoms with E-state index in [9.17, 15) is 8.78 Å². The molecule has 68 valence electrons. The van der Waals surface area contributed by atoms with Gasteiger partial charge >= 0.3 is 6.61 Å². The molecule has 0 spiro atoms. The molecule has 0 unspecified atom stereocenters. The van der Waals surface area contributed by atoms with E-state index in [1.807, 2.05) is 29.5 Å². The highest BCUT2D eigenvalue weighted by atomic mass is 127. The third-order valence-corrected chi connectivity index (χ3v) is 1.95.